The number of nitrogens with zero attached hydrogens (tertiary/aromatic N) is 1. The molecule has 1 amide bonds. The van der Waals surface area contributed by atoms with E-state index in [9.17, 15) is 9.90 Å². The van der Waals surface area contributed by atoms with Crippen molar-refractivity contribution in [3.8, 4) is 0 Å². The fraction of sp³-hybridized carbons (Fsp3) is 0.250. The molecule has 0 unspecified atom stereocenters. The first-order valence-electron chi connectivity index (χ1n) is 8.88. The van der Waals surface area contributed by atoms with Crippen LogP contribution in [0.1, 0.15) is 25.1 Å². The Kier molecular flexibility index (Phi) is 8.72. The summed E-state index contributed by atoms with van der Waals surface area (Å²) in [5.74, 6) is -0.855. The van der Waals surface area contributed by atoms with E-state index < -0.39 is 11.7 Å². The highest BCUT2D eigenvalue weighted by Crippen LogP contribution is 2.26. The lowest BCUT2D eigenvalue weighted by Gasteiger charge is -2.13. The van der Waals surface area contributed by atoms with Crippen molar-refractivity contribution in [3.63, 3.8) is 0 Å². The van der Waals surface area contributed by atoms with Gasteiger partial charge in [0.25, 0.3) is 5.91 Å². The van der Waals surface area contributed by atoms with Gasteiger partial charge in [-0.05, 0) is 64.6 Å². The summed E-state index contributed by atoms with van der Waals surface area (Å²) in [7, 11) is 0. The minimum atomic E-state index is -0.572. The summed E-state index contributed by atoms with van der Waals surface area (Å²) in [6, 6.07) is 8.84. The topological polar surface area (TPSA) is 112 Å². The van der Waals surface area contributed by atoms with Crippen LogP contribution in [0.4, 0.5) is 5.69 Å². The molecule has 0 aliphatic heterocycles. The minimum absolute atomic E-state index is 0.178. The van der Waals surface area contributed by atoms with Gasteiger partial charge in [-0.3, -0.25) is 10.2 Å². The van der Waals surface area contributed by atoms with E-state index in [2.05, 4.69) is 45.5 Å². The van der Waals surface area contributed by atoms with Crippen molar-refractivity contribution in [1.82, 2.24) is 5.32 Å². The lowest BCUT2D eigenvalue weighted by molar-refractivity contribution is -0.117. The second-order valence-electron chi connectivity index (χ2n) is 6.64. The number of nitrogens with two attached hydrogens (primary N) is 1. The number of amidine groups is 1. The van der Waals surface area contributed by atoms with Crippen molar-refractivity contribution < 1.29 is 9.90 Å². The number of nitrogens with one attached hydrogen (secondary N) is 2. The number of benzene rings is 1. The number of amides is 1. The van der Waals surface area contributed by atoms with Gasteiger partial charge in [0.1, 0.15) is 17.1 Å². The van der Waals surface area contributed by atoms with Gasteiger partial charge in [-0.2, -0.15) is 0 Å². The Morgan fingerprint density at radius 2 is 2.14 bits per heavy atom. The molecular weight excluding hydrogens is 519 g/mol. The number of halogens is 1. The first kappa shape index (κ1) is 23.4. The van der Waals surface area contributed by atoms with Gasteiger partial charge in [-0.1, -0.05) is 19.9 Å². The molecule has 0 atom stereocenters. The number of rotatable bonds is 8. The van der Waals surface area contributed by atoms with Crippen molar-refractivity contribution in [1.29, 1.82) is 5.41 Å². The summed E-state index contributed by atoms with van der Waals surface area (Å²) in [4.78, 5) is 18.2. The fourth-order valence-corrected chi connectivity index (χ4v) is 4.02. The van der Waals surface area contributed by atoms with Gasteiger partial charge in [0.05, 0.1) is 10.6 Å². The number of aliphatic imine (C=N–C) groups is 1. The molecule has 2 rings (SSSR count). The van der Waals surface area contributed by atoms with E-state index in [1.165, 1.54) is 11.3 Å². The van der Waals surface area contributed by atoms with E-state index in [1.807, 2.05) is 26.0 Å². The number of thiol groups is 1. The molecular formula is C20H23IN4O2S2. The van der Waals surface area contributed by atoms with Gasteiger partial charge in [-0.25, -0.2) is 4.99 Å². The number of allylic oxidation sites excluding steroid dienone is 1. The smallest absolute Gasteiger partial charge is 0.258 e. The second kappa shape index (κ2) is 10.8. The number of carbonyl (C=O) groups is 1. The molecule has 0 fully saturated rings. The molecule has 0 aliphatic rings. The van der Waals surface area contributed by atoms with E-state index in [-0.39, 0.29) is 17.1 Å². The zero-order valence-corrected chi connectivity index (χ0v) is 19.9. The van der Waals surface area contributed by atoms with Crippen molar-refractivity contribution in [2.45, 2.75) is 25.2 Å². The van der Waals surface area contributed by atoms with E-state index in [0.717, 1.165) is 9.99 Å². The average molecular weight is 542 g/mol. The molecule has 0 aliphatic carbocycles. The summed E-state index contributed by atoms with van der Waals surface area (Å²) in [5, 5.41) is 23.5. The normalized spacial score (nSPS) is 12.7. The van der Waals surface area contributed by atoms with Gasteiger partial charge in [0.2, 0.25) is 0 Å². The highest BCUT2D eigenvalue weighted by atomic mass is 127. The monoisotopic (exact) mass is 542 g/mol. The molecule has 29 heavy (non-hydrogen) atoms. The van der Waals surface area contributed by atoms with Gasteiger partial charge >= 0.3 is 0 Å². The van der Waals surface area contributed by atoms with Gasteiger partial charge in [-0.15, -0.1) is 24.0 Å². The molecule has 0 bridgehead atoms. The lowest BCUT2D eigenvalue weighted by Crippen LogP contribution is -2.34. The second-order valence-corrected chi connectivity index (χ2v) is 9.32. The zero-order chi connectivity index (χ0) is 21.6. The van der Waals surface area contributed by atoms with Crippen LogP contribution in [0.5, 0.6) is 0 Å². The number of hydrogen-bond acceptors (Lipinski definition) is 6. The summed E-state index contributed by atoms with van der Waals surface area (Å²) < 4.78 is 0.981. The molecule has 154 valence electrons. The Labute approximate surface area is 193 Å². The summed E-state index contributed by atoms with van der Waals surface area (Å²) in [6.07, 6.45) is 0.775. The Hall–Kier alpha value is -1.85. The zero-order valence-electron chi connectivity index (χ0n) is 16.1. The average Bonchev–Trinajstić information content (AvgIpc) is 3.18. The van der Waals surface area contributed by atoms with Crippen molar-refractivity contribution in [3.05, 3.63) is 55.5 Å². The minimum Gasteiger partial charge on any atom is -0.505 e. The van der Waals surface area contributed by atoms with E-state index in [0.29, 0.717) is 27.9 Å². The largest absolute Gasteiger partial charge is 0.505 e. The Morgan fingerprint density at radius 1 is 1.41 bits per heavy atom. The Bertz CT molecular complexity index is 953. The number of aliphatic hydroxyl groups is 1. The molecule has 1 aromatic carbocycles. The number of carbonyl (C=O) groups excluding carboxylic acids is 1. The van der Waals surface area contributed by atoms with Crippen LogP contribution in [0.2, 0.25) is 0 Å². The summed E-state index contributed by atoms with van der Waals surface area (Å²) >= 11 is 7.84. The fourth-order valence-electron chi connectivity index (χ4n) is 2.35. The first-order valence-corrected chi connectivity index (χ1v) is 11.3. The first-order chi connectivity index (χ1) is 13.7. The van der Waals surface area contributed by atoms with Crippen molar-refractivity contribution in [2.75, 3.05) is 6.54 Å². The van der Waals surface area contributed by atoms with Crippen LogP contribution in [0.15, 0.2) is 56.9 Å². The SMILES string of the molecule is CC(C)CCNC(=O)C(C(N)=Nc1ccc(I)cc1S)=C(O)C(=N)c1cccs1. The predicted octanol–water partition coefficient (Wildman–Crippen LogP) is 4.67. The lowest BCUT2D eigenvalue weighted by atomic mass is 10.1. The highest BCUT2D eigenvalue weighted by molar-refractivity contribution is 14.1. The molecule has 5 N–H and O–H groups in total. The molecule has 0 saturated carbocycles. The number of thiophene rings is 1. The van der Waals surface area contributed by atoms with Crippen LogP contribution >= 0.6 is 46.6 Å². The molecule has 0 radical (unpaired) electrons. The maximum Gasteiger partial charge on any atom is 0.258 e. The Balaban J connectivity index is 2.45. The molecule has 1 heterocycles. The standard InChI is InChI=1S/C20H23IN4O2S2/c1-11(2)7-8-24-20(27)16(18(26)17(22)15-4-3-9-29-15)19(23)25-13-6-5-12(21)10-14(13)28/h3-6,9-11,22,26,28H,7-8H2,1-2H3,(H2,23,25)(H,24,27). The molecule has 6 nitrogen and oxygen atoms in total. The van der Waals surface area contributed by atoms with Gasteiger partial charge in [0, 0.05) is 15.0 Å². The third-order valence-electron chi connectivity index (χ3n) is 3.91. The molecule has 0 spiro atoms. The maximum atomic E-state index is 12.8. The molecule has 0 saturated heterocycles. The van der Waals surface area contributed by atoms with E-state index in [1.54, 1.807) is 23.6 Å². The number of hydrogen-bond donors (Lipinski definition) is 5. The third-order valence-corrected chi connectivity index (χ3v) is 5.83. The van der Waals surface area contributed by atoms with Crippen LogP contribution in [-0.4, -0.2) is 29.1 Å². The Morgan fingerprint density at radius 3 is 2.72 bits per heavy atom. The molecule has 2 aromatic rings. The van der Waals surface area contributed by atoms with Gasteiger partial charge in [0.15, 0.2) is 5.76 Å². The van der Waals surface area contributed by atoms with Gasteiger partial charge < -0.3 is 16.2 Å². The van der Waals surface area contributed by atoms with Crippen molar-refractivity contribution in [2.24, 2.45) is 16.6 Å². The highest BCUT2D eigenvalue weighted by Gasteiger charge is 2.23. The quantitative estimate of drug-likeness (QED) is 0.0835. The molecule has 9 heteroatoms. The van der Waals surface area contributed by atoms with Crippen LogP contribution in [0, 0.1) is 14.9 Å². The molecule has 1 aromatic heterocycles. The van der Waals surface area contributed by atoms with Crippen LogP contribution in [0.25, 0.3) is 0 Å². The van der Waals surface area contributed by atoms with E-state index >= 15 is 0 Å². The third kappa shape index (κ3) is 6.58. The van der Waals surface area contributed by atoms with E-state index in [4.69, 9.17) is 11.1 Å². The predicted molar refractivity (Wildman–Crippen MR) is 131 cm³/mol. The van der Waals surface area contributed by atoms with Crippen LogP contribution < -0.4 is 11.1 Å². The number of aliphatic hydroxyl groups excluding tert-OH is 1. The summed E-state index contributed by atoms with van der Waals surface area (Å²) in [5.41, 5.74) is 6.19. The summed E-state index contributed by atoms with van der Waals surface area (Å²) in [6.45, 7) is 4.52. The van der Waals surface area contributed by atoms with Crippen LogP contribution in [0.3, 0.4) is 0 Å². The van der Waals surface area contributed by atoms with Crippen LogP contribution in [-0.2, 0) is 4.79 Å². The maximum absolute atomic E-state index is 12.8. The van der Waals surface area contributed by atoms with Crippen molar-refractivity contribution >= 4 is 69.7 Å².